The largest absolute Gasteiger partial charge is 0.490 e. The number of rotatable bonds is 9. The molecular formula is C28H28Cl2F3N7O3. The van der Waals surface area contributed by atoms with Gasteiger partial charge in [-0.2, -0.15) is 23.5 Å². The summed E-state index contributed by atoms with van der Waals surface area (Å²) < 4.78 is 51.8. The SMILES string of the molecule is C=CCOC(=O)N[C@@H]1CN(/C(=N\C#N)Nc2cc(C(F)(F)F)ccc2OCCN2CCCC2)N=C1c1ccc(Cl)c(Cl)c1. The van der Waals surface area contributed by atoms with Crippen molar-refractivity contribution in [1.29, 1.82) is 5.26 Å². The fourth-order valence-corrected chi connectivity index (χ4v) is 4.82. The molecule has 0 saturated carbocycles. The van der Waals surface area contributed by atoms with E-state index in [2.05, 4.69) is 32.2 Å². The van der Waals surface area contributed by atoms with Crippen LogP contribution in [0.2, 0.25) is 10.0 Å². The molecule has 0 spiro atoms. The Labute approximate surface area is 256 Å². The van der Waals surface area contributed by atoms with E-state index in [1.54, 1.807) is 24.4 Å². The number of nitrogens with zero attached hydrogens (tertiary/aromatic N) is 5. The zero-order chi connectivity index (χ0) is 31.0. The van der Waals surface area contributed by atoms with E-state index in [0.717, 1.165) is 38.1 Å². The summed E-state index contributed by atoms with van der Waals surface area (Å²) in [5.74, 6) is -0.0686. The zero-order valence-corrected chi connectivity index (χ0v) is 24.3. The first kappa shape index (κ1) is 31.9. The summed E-state index contributed by atoms with van der Waals surface area (Å²) >= 11 is 12.3. The molecule has 43 heavy (non-hydrogen) atoms. The summed E-state index contributed by atoms with van der Waals surface area (Å²) in [5, 5.41) is 21.2. The van der Waals surface area contributed by atoms with Crippen LogP contribution in [0.5, 0.6) is 5.75 Å². The molecule has 1 saturated heterocycles. The number of alkyl halides is 3. The second-order valence-corrected chi connectivity index (χ2v) is 10.4. The number of hydrogen-bond donors (Lipinski definition) is 2. The molecule has 1 fully saturated rings. The Morgan fingerprint density at radius 2 is 1.98 bits per heavy atom. The Kier molecular flexibility index (Phi) is 10.7. The van der Waals surface area contributed by atoms with E-state index in [0.29, 0.717) is 22.8 Å². The molecule has 4 rings (SSSR count). The monoisotopic (exact) mass is 637 g/mol. The molecule has 2 N–H and O–H groups in total. The van der Waals surface area contributed by atoms with Gasteiger partial charge in [0.05, 0.1) is 39.6 Å². The average molecular weight is 638 g/mol. The van der Waals surface area contributed by atoms with Crippen LogP contribution in [0.4, 0.5) is 23.7 Å². The quantitative estimate of drug-likeness (QED) is 0.156. The highest BCUT2D eigenvalue weighted by Crippen LogP contribution is 2.35. The van der Waals surface area contributed by atoms with Gasteiger partial charge in [0.15, 0.2) is 0 Å². The van der Waals surface area contributed by atoms with E-state index < -0.39 is 23.9 Å². The van der Waals surface area contributed by atoms with E-state index in [1.807, 2.05) is 0 Å². The Hall–Kier alpha value is -3.99. The molecule has 2 aliphatic heterocycles. The van der Waals surface area contributed by atoms with Crippen molar-refractivity contribution in [2.45, 2.75) is 25.1 Å². The number of alkyl carbamates (subject to hydrolysis) is 1. The van der Waals surface area contributed by atoms with Crippen molar-refractivity contribution in [3.63, 3.8) is 0 Å². The normalized spacial score (nSPS) is 17.3. The molecule has 0 bridgehead atoms. The Morgan fingerprint density at radius 3 is 2.65 bits per heavy atom. The molecule has 2 aliphatic rings. The predicted molar refractivity (Wildman–Crippen MR) is 157 cm³/mol. The first-order valence-corrected chi connectivity index (χ1v) is 14.0. The van der Waals surface area contributed by atoms with Crippen molar-refractivity contribution >= 4 is 46.7 Å². The van der Waals surface area contributed by atoms with E-state index in [-0.39, 0.29) is 42.2 Å². The molecule has 0 unspecified atom stereocenters. The van der Waals surface area contributed by atoms with E-state index in [1.165, 1.54) is 17.2 Å². The summed E-state index contributed by atoms with van der Waals surface area (Å²) in [4.78, 5) is 18.4. The van der Waals surface area contributed by atoms with Crippen LogP contribution in [-0.4, -0.2) is 73.1 Å². The van der Waals surface area contributed by atoms with Crippen molar-refractivity contribution in [2.75, 3.05) is 44.7 Å². The fourth-order valence-electron chi connectivity index (χ4n) is 4.52. The molecule has 10 nitrogen and oxygen atoms in total. The molecule has 2 aromatic rings. The summed E-state index contributed by atoms with van der Waals surface area (Å²) in [5.41, 5.74) is -0.192. The first-order chi connectivity index (χ1) is 20.6. The summed E-state index contributed by atoms with van der Waals surface area (Å²) in [6.45, 7) is 6.13. The second kappa shape index (κ2) is 14.5. The van der Waals surface area contributed by atoms with Crippen molar-refractivity contribution in [2.24, 2.45) is 10.1 Å². The fraction of sp³-hybridized carbons (Fsp3) is 0.357. The highest BCUT2D eigenvalue weighted by atomic mass is 35.5. The minimum Gasteiger partial charge on any atom is -0.490 e. The molecule has 1 amide bonds. The lowest BCUT2D eigenvalue weighted by molar-refractivity contribution is -0.137. The van der Waals surface area contributed by atoms with Gasteiger partial charge in [0, 0.05) is 12.1 Å². The lowest BCUT2D eigenvalue weighted by Crippen LogP contribution is -2.44. The van der Waals surface area contributed by atoms with Crippen LogP contribution in [0.25, 0.3) is 0 Å². The number of hydrogen-bond acceptors (Lipinski definition) is 7. The third-order valence-electron chi connectivity index (χ3n) is 6.57. The molecule has 0 aliphatic carbocycles. The number of nitrogens with one attached hydrogen (secondary N) is 2. The highest BCUT2D eigenvalue weighted by molar-refractivity contribution is 6.42. The van der Waals surface area contributed by atoms with Crippen molar-refractivity contribution < 1.29 is 27.4 Å². The van der Waals surface area contributed by atoms with Crippen molar-refractivity contribution in [3.8, 4) is 11.9 Å². The summed E-state index contributed by atoms with van der Waals surface area (Å²) in [6.07, 6.45) is -0.180. The highest BCUT2D eigenvalue weighted by Gasteiger charge is 2.34. The Morgan fingerprint density at radius 1 is 1.21 bits per heavy atom. The maximum absolute atomic E-state index is 13.6. The van der Waals surface area contributed by atoms with Crippen LogP contribution >= 0.6 is 23.2 Å². The lowest BCUT2D eigenvalue weighted by atomic mass is 10.0. The molecule has 1 atom stereocenters. The van der Waals surface area contributed by atoms with Gasteiger partial charge in [-0.15, -0.1) is 4.99 Å². The zero-order valence-electron chi connectivity index (χ0n) is 22.8. The number of halogens is 5. The van der Waals surface area contributed by atoms with Crippen LogP contribution in [0.3, 0.4) is 0 Å². The molecule has 15 heteroatoms. The van der Waals surface area contributed by atoms with Gasteiger partial charge >= 0.3 is 12.3 Å². The Bertz CT molecular complexity index is 1440. The number of amides is 1. The number of carbonyl (C=O) groups is 1. The smallest absolute Gasteiger partial charge is 0.416 e. The minimum absolute atomic E-state index is 0.0414. The number of likely N-dealkylation sites (tertiary alicyclic amines) is 1. The van der Waals surface area contributed by atoms with Crippen LogP contribution < -0.4 is 15.4 Å². The molecule has 2 heterocycles. The number of anilines is 1. The molecule has 2 aromatic carbocycles. The van der Waals surface area contributed by atoms with Gasteiger partial charge in [0.25, 0.3) is 0 Å². The van der Waals surface area contributed by atoms with E-state index in [9.17, 15) is 23.2 Å². The molecule has 0 radical (unpaired) electrons. The third-order valence-corrected chi connectivity index (χ3v) is 7.31. The molecule has 228 valence electrons. The number of nitriles is 1. The molecule has 0 aromatic heterocycles. The third kappa shape index (κ3) is 8.53. The second-order valence-electron chi connectivity index (χ2n) is 9.55. The van der Waals surface area contributed by atoms with Crippen LogP contribution in [0.1, 0.15) is 24.0 Å². The predicted octanol–water partition coefficient (Wildman–Crippen LogP) is 5.74. The Balaban J connectivity index is 1.63. The number of ether oxygens (including phenoxy) is 2. The van der Waals surface area contributed by atoms with Gasteiger partial charge in [-0.3, -0.25) is 4.90 Å². The van der Waals surface area contributed by atoms with Gasteiger partial charge in [-0.1, -0.05) is 41.9 Å². The number of carbonyl (C=O) groups excluding carboxylic acids is 1. The van der Waals surface area contributed by atoms with Gasteiger partial charge in [-0.05, 0) is 56.3 Å². The van der Waals surface area contributed by atoms with Crippen molar-refractivity contribution in [3.05, 3.63) is 70.2 Å². The summed E-state index contributed by atoms with van der Waals surface area (Å²) in [7, 11) is 0. The first-order valence-electron chi connectivity index (χ1n) is 13.2. The van der Waals surface area contributed by atoms with Gasteiger partial charge in [-0.25, -0.2) is 9.80 Å². The number of guanidine groups is 1. The maximum atomic E-state index is 13.6. The topological polar surface area (TPSA) is 115 Å². The van der Waals surface area contributed by atoms with Crippen LogP contribution in [-0.2, 0) is 10.9 Å². The number of hydrazone groups is 1. The van der Waals surface area contributed by atoms with E-state index in [4.69, 9.17) is 32.7 Å². The number of aliphatic imine (C=N–C) groups is 1. The van der Waals surface area contributed by atoms with Gasteiger partial charge in [0.2, 0.25) is 12.2 Å². The lowest BCUT2D eigenvalue weighted by Gasteiger charge is -2.21. The average Bonchev–Trinajstić information content (AvgIpc) is 3.64. The number of benzene rings is 2. The maximum Gasteiger partial charge on any atom is 0.416 e. The van der Waals surface area contributed by atoms with Crippen molar-refractivity contribution in [1.82, 2.24) is 15.2 Å². The summed E-state index contributed by atoms with van der Waals surface area (Å²) in [6, 6.07) is 6.94. The van der Waals surface area contributed by atoms with E-state index >= 15 is 0 Å². The standard InChI is InChI=1S/C28H28Cl2F3N7O3/c1-2-12-43-27(41)37-23-16-40(38-25(23)18-5-7-20(29)21(30)14-18)26(35-17-34)36-22-15-19(28(31,32)33)6-8-24(22)42-13-11-39-9-3-4-10-39/h2,5-8,14-15,23H,1,3-4,9-13,16H2,(H,35,36)(H,37,41)/t23-/m1/s1. The van der Waals surface area contributed by atoms with Crippen LogP contribution in [0, 0.1) is 11.5 Å². The van der Waals surface area contributed by atoms with Gasteiger partial charge < -0.3 is 20.1 Å². The molecular weight excluding hydrogens is 610 g/mol. The van der Waals surface area contributed by atoms with Crippen LogP contribution in [0.15, 0.2) is 59.1 Å². The minimum atomic E-state index is -4.63. The van der Waals surface area contributed by atoms with Gasteiger partial charge in [0.1, 0.15) is 19.0 Å².